The summed E-state index contributed by atoms with van der Waals surface area (Å²) in [5.74, 6) is 0.411. The van der Waals surface area contributed by atoms with Crippen LogP contribution in [0.1, 0.15) is 11.3 Å². The Morgan fingerprint density at radius 1 is 1.53 bits per heavy atom. The Hall–Kier alpha value is -2.37. The summed E-state index contributed by atoms with van der Waals surface area (Å²) in [5.41, 5.74) is 7.54. The average Bonchev–Trinajstić information content (AvgIpc) is 2.61. The van der Waals surface area contributed by atoms with Crippen LogP contribution in [0.5, 0.6) is 0 Å². The topological polar surface area (TPSA) is 87.0 Å². The standard InChI is InChI=1S/C11H12N4O2/c1-8-6-13-11(12)14(8)7-9-3-2-4-10(5-9)15(16)17/h2-6H,7H2,1H3,(H2,12,13). The van der Waals surface area contributed by atoms with Gasteiger partial charge in [0.1, 0.15) is 0 Å². The van der Waals surface area contributed by atoms with Crippen LogP contribution in [0.25, 0.3) is 0 Å². The molecule has 0 spiro atoms. The Kier molecular flexibility index (Phi) is 2.78. The zero-order valence-electron chi connectivity index (χ0n) is 9.33. The average molecular weight is 232 g/mol. The fourth-order valence-corrected chi connectivity index (χ4v) is 1.64. The van der Waals surface area contributed by atoms with Crippen molar-refractivity contribution in [3.63, 3.8) is 0 Å². The number of nitrogens with two attached hydrogens (primary N) is 1. The number of nitrogens with zero attached hydrogens (tertiary/aromatic N) is 3. The molecule has 6 heteroatoms. The van der Waals surface area contributed by atoms with Gasteiger partial charge in [-0.3, -0.25) is 10.1 Å². The zero-order chi connectivity index (χ0) is 12.4. The third-order valence-electron chi connectivity index (χ3n) is 2.55. The summed E-state index contributed by atoms with van der Waals surface area (Å²) < 4.78 is 1.80. The van der Waals surface area contributed by atoms with Gasteiger partial charge >= 0.3 is 0 Å². The molecule has 0 atom stereocenters. The molecule has 0 fully saturated rings. The summed E-state index contributed by atoms with van der Waals surface area (Å²) in [6, 6.07) is 6.49. The molecule has 17 heavy (non-hydrogen) atoms. The first kappa shape index (κ1) is 11.1. The molecule has 0 saturated heterocycles. The first-order valence-corrected chi connectivity index (χ1v) is 5.09. The van der Waals surface area contributed by atoms with Crippen LogP contribution in [-0.4, -0.2) is 14.5 Å². The smallest absolute Gasteiger partial charge is 0.269 e. The number of nitrogen functional groups attached to an aromatic ring is 1. The number of benzene rings is 1. The second-order valence-corrected chi connectivity index (χ2v) is 3.77. The van der Waals surface area contributed by atoms with Crippen molar-refractivity contribution < 1.29 is 4.92 Å². The van der Waals surface area contributed by atoms with Gasteiger partial charge in [0.2, 0.25) is 5.95 Å². The van der Waals surface area contributed by atoms with E-state index in [4.69, 9.17) is 5.73 Å². The van der Waals surface area contributed by atoms with Gasteiger partial charge in [-0.25, -0.2) is 4.98 Å². The van der Waals surface area contributed by atoms with Crippen LogP contribution in [0.15, 0.2) is 30.5 Å². The van der Waals surface area contributed by atoms with Gasteiger partial charge in [-0.1, -0.05) is 12.1 Å². The molecule has 1 aromatic carbocycles. The van der Waals surface area contributed by atoms with Crippen LogP contribution in [0.4, 0.5) is 11.6 Å². The third kappa shape index (κ3) is 2.25. The SMILES string of the molecule is Cc1cnc(N)n1Cc1cccc([N+](=O)[O-])c1. The second-order valence-electron chi connectivity index (χ2n) is 3.77. The predicted octanol–water partition coefficient (Wildman–Crippen LogP) is 1.73. The van der Waals surface area contributed by atoms with Gasteiger partial charge in [0.25, 0.3) is 5.69 Å². The molecule has 0 aliphatic rings. The lowest BCUT2D eigenvalue weighted by molar-refractivity contribution is -0.384. The first-order chi connectivity index (χ1) is 8.08. The van der Waals surface area contributed by atoms with E-state index in [0.717, 1.165) is 11.3 Å². The minimum Gasteiger partial charge on any atom is -0.369 e. The lowest BCUT2D eigenvalue weighted by Crippen LogP contribution is -2.06. The molecule has 1 heterocycles. The van der Waals surface area contributed by atoms with E-state index in [0.29, 0.717) is 12.5 Å². The van der Waals surface area contributed by atoms with Crippen molar-refractivity contribution >= 4 is 11.6 Å². The normalized spacial score (nSPS) is 10.4. The van der Waals surface area contributed by atoms with E-state index in [-0.39, 0.29) is 5.69 Å². The Balaban J connectivity index is 2.30. The quantitative estimate of drug-likeness (QED) is 0.644. The van der Waals surface area contributed by atoms with E-state index in [2.05, 4.69) is 4.98 Å². The fraction of sp³-hybridized carbons (Fsp3) is 0.182. The van der Waals surface area contributed by atoms with Gasteiger partial charge in [-0.2, -0.15) is 0 Å². The maximum Gasteiger partial charge on any atom is 0.269 e. The molecule has 0 unspecified atom stereocenters. The Morgan fingerprint density at radius 3 is 2.88 bits per heavy atom. The van der Waals surface area contributed by atoms with Gasteiger partial charge in [0.05, 0.1) is 17.7 Å². The molecule has 2 N–H and O–H groups in total. The van der Waals surface area contributed by atoms with Crippen molar-refractivity contribution in [3.05, 3.63) is 51.8 Å². The highest BCUT2D eigenvalue weighted by Crippen LogP contribution is 2.16. The molecular formula is C11H12N4O2. The number of nitro groups is 1. The lowest BCUT2D eigenvalue weighted by Gasteiger charge is -2.07. The molecule has 0 aliphatic carbocycles. The van der Waals surface area contributed by atoms with Crippen LogP contribution in [-0.2, 0) is 6.54 Å². The molecule has 0 bridgehead atoms. The lowest BCUT2D eigenvalue weighted by atomic mass is 10.2. The Labute approximate surface area is 97.9 Å². The number of hydrogen-bond acceptors (Lipinski definition) is 4. The number of nitro benzene ring substituents is 1. The van der Waals surface area contributed by atoms with Crippen LogP contribution >= 0.6 is 0 Å². The molecule has 1 aromatic heterocycles. The van der Waals surface area contributed by atoms with Crippen LogP contribution in [0.3, 0.4) is 0 Å². The summed E-state index contributed by atoms with van der Waals surface area (Å²) in [7, 11) is 0. The Bertz CT molecular complexity index is 543. The van der Waals surface area contributed by atoms with Crippen molar-refractivity contribution in [2.75, 3.05) is 5.73 Å². The van der Waals surface area contributed by atoms with Crippen molar-refractivity contribution in [2.45, 2.75) is 13.5 Å². The van der Waals surface area contributed by atoms with Gasteiger partial charge in [-0.05, 0) is 12.5 Å². The van der Waals surface area contributed by atoms with Crippen LogP contribution in [0.2, 0.25) is 0 Å². The van der Waals surface area contributed by atoms with Crippen molar-refractivity contribution in [1.82, 2.24) is 9.55 Å². The molecule has 0 saturated carbocycles. The minimum absolute atomic E-state index is 0.0823. The number of imidazole rings is 1. The largest absolute Gasteiger partial charge is 0.369 e. The van der Waals surface area contributed by atoms with E-state index in [1.807, 2.05) is 13.0 Å². The predicted molar refractivity (Wildman–Crippen MR) is 63.6 cm³/mol. The summed E-state index contributed by atoms with van der Waals surface area (Å²) in [6.45, 7) is 2.38. The maximum atomic E-state index is 10.7. The van der Waals surface area contributed by atoms with Crippen molar-refractivity contribution in [3.8, 4) is 0 Å². The van der Waals surface area contributed by atoms with E-state index >= 15 is 0 Å². The molecule has 88 valence electrons. The van der Waals surface area contributed by atoms with Crippen LogP contribution < -0.4 is 5.73 Å². The summed E-state index contributed by atoms with van der Waals surface area (Å²) in [4.78, 5) is 14.2. The van der Waals surface area contributed by atoms with E-state index in [9.17, 15) is 10.1 Å². The molecule has 0 radical (unpaired) electrons. The molecule has 2 rings (SSSR count). The highest BCUT2D eigenvalue weighted by atomic mass is 16.6. The van der Waals surface area contributed by atoms with Gasteiger partial charge in [0, 0.05) is 17.8 Å². The highest BCUT2D eigenvalue weighted by Gasteiger charge is 2.08. The molecule has 6 nitrogen and oxygen atoms in total. The minimum atomic E-state index is -0.409. The fourth-order valence-electron chi connectivity index (χ4n) is 1.64. The van der Waals surface area contributed by atoms with E-state index < -0.39 is 4.92 Å². The monoisotopic (exact) mass is 232 g/mol. The highest BCUT2D eigenvalue weighted by molar-refractivity contribution is 5.35. The third-order valence-corrected chi connectivity index (χ3v) is 2.55. The van der Waals surface area contributed by atoms with Gasteiger partial charge in [-0.15, -0.1) is 0 Å². The van der Waals surface area contributed by atoms with Crippen molar-refractivity contribution in [2.24, 2.45) is 0 Å². The molecule has 2 aromatic rings. The number of rotatable bonds is 3. The zero-order valence-corrected chi connectivity index (χ0v) is 9.33. The summed E-state index contributed by atoms with van der Waals surface area (Å²) >= 11 is 0. The van der Waals surface area contributed by atoms with Crippen LogP contribution in [0, 0.1) is 17.0 Å². The molecule has 0 aliphatic heterocycles. The van der Waals surface area contributed by atoms with E-state index in [1.54, 1.807) is 22.9 Å². The maximum absolute atomic E-state index is 10.7. The molecule has 0 amide bonds. The number of anilines is 1. The second kappa shape index (κ2) is 4.25. The number of hydrogen-bond donors (Lipinski definition) is 1. The number of aryl methyl sites for hydroxylation is 1. The van der Waals surface area contributed by atoms with E-state index in [1.165, 1.54) is 6.07 Å². The Morgan fingerprint density at radius 2 is 2.29 bits per heavy atom. The van der Waals surface area contributed by atoms with Gasteiger partial charge in [0.15, 0.2) is 0 Å². The van der Waals surface area contributed by atoms with Crippen molar-refractivity contribution in [1.29, 1.82) is 0 Å². The number of aromatic nitrogens is 2. The summed E-state index contributed by atoms with van der Waals surface area (Å²) in [6.07, 6.45) is 1.67. The number of non-ortho nitro benzene ring substituents is 1. The van der Waals surface area contributed by atoms with Gasteiger partial charge < -0.3 is 10.3 Å². The summed E-state index contributed by atoms with van der Waals surface area (Å²) in [5, 5.41) is 10.7. The first-order valence-electron chi connectivity index (χ1n) is 5.09. The molecular weight excluding hydrogens is 220 g/mol.